The number of benzene rings is 6. The molecule has 4 aliphatic rings. The van der Waals surface area contributed by atoms with Gasteiger partial charge in [0.2, 0.25) is 0 Å². The van der Waals surface area contributed by atoms with Gasteiger partial charge in [-0.1, -0.05) is 133 Å². The second-order valence-corrected chi connectivity index (χ2v) is 15.6. The van der Waals surface area contributed by atoms with Crippen LogP contribution in [0, 0.1) is 0 Å². The summed E-state index contributed by atoms with van der Waals surface area (Å²) in [5, 5.41) is 2.68. The van der Waals surface area contributed by atoms with Crippen LogP contribution in [0.3, 0.4) is 0 Å². The summed E-state index contributed by atoms with van der Waals surface area (Å²) in [5.74, 6) is 0. The fraction of sp³-hybridized carbons (Fsp3) is 0.102. The summed E-state index contributed by atoms with van der Waals surface area (Å²) in [4.78, 5) is 2.70. The maximum Gasteiger partial charge on any atom is 0.0736 e. The number of para-hydroxylation sites is 1. The van der Waals surface area contributed by atoms with E-state index >= 15 is 0 Å². The van der Waals surface area contributed by atoms with Gasteiger partial charge in [0.1, 0.15) is 0 Å². The summed E-state index contributed by atoms with van der Waals surface area (Å²) >= 11 is 1.96. The molecule has 0 unspecified atom stereocenters. The molecule has 0 saturated heterocycles. The van der Waals surface area contributed by atoms with Crippen LogP contribution < -0.4 is 0 Å². The van der Waals surface area contributed by atoms with Gasteiger partial charge in [-0.05, 0) is 95.5 Å². The molecule has 0 radical (unpaired) electrons. The molecule has 3 aliphatic carbocycles. The van der Waals surface area contributed by atoms with Gasteiger partial charge in [-0.2, -0.15) is 0 Å². The summed E-state index contributed by atoms with van der Waals surface area (Å²) in [6, 6.07) is 50.6. The number of nitrogens with zero attached hydrogens (tertiary/aromatic N) is 2. The quantitative estimate of drug-likeness (QED) is 0.176. The first-order valence-corrected chi connectivity index (χ1v) is 19.4. The SMILES string of the molecule is C1=Cc2c(n(-c3ccc(-n4c5c(c6ccc7c(c64)Sc4ccccc4C74c6ccccc6-c6ccccc64)C=CCC5)cc3)c3ccccc23)CC1. The van der Waals surface area contributed by atoms with Crippen molar-refractivity contribution in [2.24, 2.45) is 0 Å². The van der Waals surface area contributed by atoms with E-state index in [4.69, 9.17) is 0 Å². The van der Waals surface area contributed by atoms with Gasteiger partial charge in [-0.15, -0.1) is 0 Å². The van der Waals surface area contributed by atoms with Crippen LogP contribution in [0.15, 0.2) is 155 Å². The molecule has 246 valence electrons. The lowest BCUT2D eigenvalue weighted by Gasteiger charge is -2.40. The number of hydrogen-bond donors (Lipinski definition) is 0. The molecule has 1 spiro atoms. The predicted octanol–water partition coefficient (Wildman–Crippen LogP) is 12.3. The number of fused-ring (bicyclic) bond motifs is 16. The Balaban J connectivity index is 1.13. The summed E-state index contributed by atoms with van der Waals surface area (Å²) in [5.41, 5.74) is 18.5. The molecule has 0 amide bonds. The largest absolute Gasteiger partial charge is 0.313 e. The predicted molar refractivity (Wildman–Crippen MR) is 216 cm³/mol. The minimum atomic E-state index is -0.392. The van der Waals surface area contributed by atoms with Crippen molar-refractivity contribution in [1.82, 2.24) is 9.13 Å². The fourth-order valence-corrected chi connectivity index (χ4v) is 11.4. The molecule has 0 fully saturated rings. The second-order valence-electron chi connectivity index (χ2n) is 14.6. The van der Waals surface area contributed by atoms with E-state index in [1.807, 2.05) is 11.8 Å². The summed E-state index contributed by atoms with van der Waals surface area (Å²) < 4.78 is 5.11. The average molecular weight is 683 g/mol. The Morgan fingerprint density at radius 1 is 0.481 bits per heavy atom. The zero-order valence-electron chi connectivity index (χ0n) is 28.6. The van der Waals surface area contributed by atoms with Gasteiger partial charge >= 0.3 is 0 Å². The molecule has 0 bridgehead atoms. The van der Waals surface area contributed by atoms with E-state index < -0.39 is 5.41 Å². The molecular weight excluding hydrogens is 649 g/mol. The van der Waals surface area contributed by atoms with Crippen LogP contribution in [0.2, 0.25) is 0 Å². The van der Waals surface area contributed by atoms with Crippen molar-refractivity contribution in [2.75, 3.05) is 0 Å². The van der Waals surface area contributed by atoms with Gasteiger partial charge in [-0.3, -0.25) is 0 Å². The van der Waals surface area contributed by atoms with Crippen LogP contribution in [0.1, 0.15) is 57.6 Å². The smallest absolute Gasteiger partial charge is 0.0736 e. The third-order valence-corrected chi connectivity index (χ3v) is 13.3. The highest BCUT2D eigenvalue weighted by Crippen LogP contribution is 2.63. The molecule has 6 aromatic carbocycles. The summed E-state index contributed by atoms with van der Waals surface area (Å²) in [6.07, 6.45) is 13.6. The molecular formula is C49H34N2S. The first-order valence-electron chi connectivity index (χ1n) is 18.6. The zero-order chi connectivity index (χ0) is 34.0. The normalized spacial score (nSPS) is 15.7. The number of rotatable bonds is 2. The van der Waals surface area contributed by atoms with E-state index in [0.29, 0.717) is 0 Å². The Labute approximate surface area is 307 Å². The van der Waals surface area contributed by atoms with Crippen molar-refractivity contribution in [1.29, 1.82) is 0 Å². The maximum atomic E-state index is 2.62. The second kappa shape index (κ2) is 10.6. The molecule has 52 heavy (non-hydrogen) atoms. The number of aromatic nitrogens is 2. The fourth-order valence-electron chi connectivity index (χ4n) is 10.1. The van der Waals surface area contributed by atoms with Crippen molar-refractivity contribution < 1.29 is 0 Å². The van der Waals surface area contributed by atoms with Crippen molar-refractivity contribution in [2.45, 2.75) is 40.9 Å². The molecule has 2 aromatic heterocycles. The van der Waals surface area contributed by atoms with Gasteiger partial charge < -0.3 is 9.13 Å². The molecule has 2 nitrogen and oxygen atoms in total. The van der Waals surface area contributed by atoms with Crippen molar-refractivity contribution >= 4 is 45.7 Å². The standard InChI is InChI=1S/C49H34N2S/c1-6-18-39-33(13-1)34-14-2-7-19-40(34)49(39)41-20-8-12-24-46(41)52-48-42(49)30-29-38-37-17-5-11-23-45(37)51(47(38)48)32-27-25-31(26-28-32)50-43-21-9-3-15-35(43)36-16-4-10-22-44(36)50/h1-9,12-21,24-30H,10-11,22-23H2. The Bertz CT molecular complexity index is 2830. The molecule has 3 heteroatoms. The third kappa shape index (κ3) is 3.61. The van der Waals surface area contributed by atoms with Crippen LogP contribution in [0.5, 0.6) is 0 Å². The van der Waals surface area contributed by atoms with Crippen molar-refractivity contribution in [3.63, 3.8) is 0 Å². The van der Waals surface area contributed by atoms with Gasteiger partial charge in [0.25, 0.3) is 0 Å². The topological polar surface area (TPSA) is 9.86 Å². The van der Waals surface area contributed by atoms with Gasteiger partial charge in [0, 0.05) is 54.5 Å². The Hall–Kier alpha value is -5.77. The highest BCUT2D eigenvalue weighted by atomic mass is 32.2. The summed E-state index contributed by atoms with van der Waals surface area (Å²) in [7, 11) is 0. The maximum absolute atomic E-state index is 2.62. The highest BCUT2D eigenvalue weighted by Gasteiger charge is 2.50. The first kappa shape index (κ1) is 28.9. The third-order valence-electron chi connectivity index (χ3n) is 12.1. The van der Waals surface area contributed by atoms with E-state index in [1.165, 1.54) is 98.9 Å². The molecule has 12 rings (SSSR count). The number of allylic oxidation sites excluding steroid dienone is 2. The van der Waals surface area contributed by atoms with E-state index in [1.54, 1.807) is 0 Å². The molecule has 0 saturated carbocycles. The Morgan fingerprint density at radius 3 is 1.79 bits per heavy atom. The van der Waals surface area contributed by atoms with Gasteiger partial charge in [0.15, 0.2) is 0 Å². The van der Waals surface area contributed by atoms with Crippen LogP contribution in [0.25, 0.3) is 56.5 Å². The monoisotopic (exact) mass is 682 g/mol. The highest BCUT2D eigenvalue weighted by molar-refractivity contribution is 7.99. The first-order chi connectivity index (χ1) is 25.8. The van der Waals surface area contributed by atoms with Crippen molar-refractivity contribution in [3.8, 4) is 22.5 Å². The van der Waals surface area contributed by atoms with Crippen LogP contribution in [-0.2, 0) is 18.3 Å². The Morgan fingerprint density at radius 2 is 1.06 bits per heavy atom. The van der Waals surface area contributed by atoms with Crippen LogP contribution in [0.4, 0.5) is 0 Å². The van der Waals surface area contributed by atoms with E-state index in [-0.39, 0.29) is 0 Å². The molecule has 3 heterocycles. The number of hydrogen-bond acceptors (Lipinski definition) is 1. The zero-order valence-corrected chi connectivity index (χ0v) is 29.5. The molecule has 1 aliphatic heterocycles. The minimum Gasteiger partial charge on any atom is -0.313 e. The van der Waals surface area contributed by atoms with Crippen LogP contribution in [-0.4, -0.2) is 9.13 Å². The lowest BCUT2D eigenvalue weighted by Crippen LogP contribution is -2.32. The molecule has 0 atom stereocenters. The van der Waals surface area contributed by atoms with E-state index in [9.17, 15) is 0 Å². The minimum absolute atomic E-state index is 0.392. The summed E-state index contributed by atoms with van der Waals surface area (Å²) in [6.45, 7) is 0. The van der Waals surface area contributed by atoms with Crippen molar-refractivity contribution in [3.05, 3.63) is 190 Å². The van der Waals surface area contributed by atoms with Gasteiger partial charge in [-0.25, -0.2) is 0 Å². The lowest BCUT2D eigenvalue weighted by atomic mass is 9.67. The van der Waals surface area contributed by atoms with Gasteiger partial charge in [0.05, 0.1) is 16.4 Å². The van der Waals surface area contributed by atoms with E-state index in [2.05, 4.69) is 167 Å². The van der Waals surface area contributed by atoms with Crippen LogP contribution >= 0.6 is 11.8 Å². The molecule has 8 aromatic rings. The Kier molecular flexibility index (Phi) is 5.90. The molecule has 0 N–H and O–H groups in total. The van der Waals surface area contributed by atoms with E-state index in [0.717, 1.165) is 25.7 Å². The lowest BCUT2D eigenvalue weighted by molar-refractivity contribution is 0.724. The average Bonchev–Trinajstić information content (AvgIpc) is 3.83.